The number of esters is 2. The van der Waals surface area contributed by atoms with Crippen LogP contribution in [0.5, 0.6) is 11.5 Å². The summed E-state index contributed by atoms with van der Waals surface area (Å²) in [5.41, 5.74) is 0.786. The second-order valence-electron chi connectivity index (χ2n) is 10.5. The number of carbonyl (C=O) groups excluding carboxylic acids is 2. The smallest absolute Gasteiger partial charge is 0.351 e. The minimum Gasteiger partial charge on any atom is -0.497 e. The zero-order chi connectivity index (χ0) is 23.7. The first-order valence-electron chi connectivity index (χ1n) is 12.2. The molecule has 4 aliphatic heterocycles. The molecular formula is C26H31NO7. The molecule has 4 atom stereocenters. The van der Waals surface area contributed by atoms with Crippen LogP contribution in [-0.2, 0) is 30.2 Å². The molecule has 1 aliphatic carbocycles. The lowest BCUT2D eigenvalue weighted by atomic mass is 9.77. The first-order chi connectivity index (χ1) is 16.3. The fraction of sp³-hybridized carbons (Fsp3) is 0.615. The van der Waals surface area contributed by atoms with Crippen molar-refractivity contribution in [2.45, 2.75) is 69.1 Å². The lowest BCUT2D eigenvalue weighted by molar-refractivity contribution is -0.213. The van der Waals surface area contributed by atoms with Crippen LogP contribution in [0.15, 0.2) is 24.0 Å². The molecule has 0 amide bonds. The molecule has 0 bridgehead atoms. The largest absolute Gasteiger partial charge is 0.497 e. The van der Waals surface area contributed by atoms with Crippen LogP contribution in [0.25, 0.3) is 0 Å². The molecule has 4 heterocycles. The number of fused-ring (bicyclic) bond motifs is 3. The standard InChI is InChI=1S/C26H31NO7/c1-15(2)11-26(13-21(28)34-26)24(29)33-23-20(30-3)12-25-6-4-7-27(25)8-5-16-9-18-19(32-14-31-18)10-17(16)22(23)25/h9-10,12,15,22-23H,4-8,11,13-14H2,1-3H3/t22-,23-,25+,26-/m1/s1. The third kappa shape index (κ3) is 3.07. The predicted octanol–water partition coefficient (Wildman–Crippen LogP) is 3.08. The Bertz CT molecular complexity index is 1070. The van der Waals surface area contributed by atoms with E-state index in [1.807, 2.05) is 13.8 Å². The average molecular weight is 470 g/mol. The quantitative estimate of drug-likeness (QED) is 0.609. The van der Waals surface area contributed by atoms with Gasteiger partial charge in [0.1, 0.15) is 5.76 Å². The van der Waals surface area contributed by atoms with Crippen LogP contribution in [-0.4, -0.2) is 61.1 Å². The minimum absolute atomic E-state index is 0.0555. The Balaban J connectivity index is 1.41. The Morgan fingerprint density at radius 2 is 2.00 bits per heavy atom. The van der Waals surface area contributed by atoms with Crippen molar-refractivity contribution in [1.82, 2.24) is 4.90 Å². The van der Waals surface area contributed by atoms with Gasteiger partial charge in [-0.05, 0) is 61.1 Å². The van der Waals surface area contributed by atoms with Crippen molar-refractivity contribution < 1.29 is 33.3 Å². The normalized spacial score (nSPS) is 33.3. The number of methoxy groups -OCH3 is 1. The van der Waals surface area contributed by atoms with E-state index in [2.05, 4.69) is 23.1 Å². The summed E-state index contributed by atoms with van der Waals surface area (Å²) >= 11 is 0. The molecule has 1 aromatic rings. The zero-order valence-electron chi connectivity index (χ0n) is 19.9. The van der Waals surface area contributed by atoms with Crippen molar-refractivity contribution in [1.29, 1.82) is 0 Å². The molecule has 1 spiro atoms. The average Bonchev–Trinajstić information content (AvgIpc) is 3.45. The summed E-state index contributed by atoms with van der Waals surface area (Å²) in [5, 5.41) is 0. The molecular weight excluding hydrogens is 438 g/mol. The molecule has 0 N–H and O–H groups in total. The summed E-state index contributed by atoms with van der Waals surface area (Å²) in [4.78, 5) is 27.8. The van der Waals surface area contributed by atoms with E-state index < -0.39 is 17.7 Å². The molecule has 1 aromatic carbocycles. The fourth-order valence-corrected chi connectivity index (χ4v) is 6.73. The molecule has 182 valence electrons. The van der Waals surface area contributed by atoms with E-state index in [9.17, 15) is 9.59 Å². The number of hydrogen-bond donors (Lipinski definition) is 0. The Hall–Kier alpha value is -2.74. The van der Waals surface area contributed by atoms with Gasteiger partial charge in [-0.3, -0.25) is 9.69 Å². The van der Waals surface area contributed by atoms with Gasteiger partial charge in [-0.15, -0.1) is 0 Å². The SMILES string of the molecule is COC1=C[C@]23CCCN2CCc2cc4c(cc2[C@@H]3[C@@H]1OC(=O)[C@@]1(CC(C)C)CC(=O)O1)OCO4. The first kappa shape index (κ1) is 21.8. The van der Waals surface area contributed by atoms with Gasteiger partial charge in [-0.25, -0.2) is 4.79 Å². The van der Waals surface area contributed by atoms with Crippen molar-refractivity contribution in [2.75, 3.05) is 27.0 Å². The van der Waals surface area contributed by atoms with Crippen molar-refractivity contribution in [3.05, 3.63) is 35.1 Å². The van der Waals surface area contributed by atoms with Crippen LogP contribution in [0.4, 0.5) is 0 Å². The summed E-state index contributed by atoms with van der Waals surface area (Å²) in [7, 11) is 1.63. The van der Waals surface area contributed by atoms with Gasteiger partial charge in [-0.1, -0.05) is 13.8 Å². The maximum absolute atomic E-state index is 13.6. The van der Waals surface area contributed by atoms with Gasteiger partial charge in [0.05, 0.1) is 25.0 Å². The van der Waals surface area contributed by atoms with E-state index in [1.165, 1.54) is 5.56 Å². The summed E-state index contributed by atoms with van der Waals surface area (Å²) < 4.78 is 28.9. The molecule has 2 saturated heterocycles. The van der Waals surface area contributed by atoms with Crippen molar-refractivity contribution in [3.8, 4) is 11.5 Å². The number of ether oxygens (including phenoxy) is 5. The maximum atomic E-state index is 13.6. The topological polar surface area (TPSA) is 83.5 Å². The Kier molecular flexibility index (Phi) is 4.89. The number of nitrogens with zero attached hydrogens (tertiary/aromatic N) is 1. The molecule has 2 fully saturated rings. The van der Waals surface area contributed by atoms with E-state index in [1.54, 1.807) is 7.11 Å². The van der Waals surface area contributed by atoms with Gasteiger partial charge in [-0.2, -0.15) is 0 Å². The molecule has 0 aromatic heterocycles. The first-order valence-corrected chi connectivity index (χ1v) is 12.2. The lowest BCUT2D eigenvalue weighted by Gasteiger charge is -2.42. The second-order valence-corrected chi connectivity index (χ2v) is 10.5. The number of rotatable bonds is 5. The molecule has 34 heavy (non-hydrogen) atoms. The lowest BCUT2D eigenvalue weighted by Crippen LogP contribution is -2.56. The van der Waals surface area contributed by atoms with Gasteiger partial charge in [0.25, 0.3) is 0 Å². The summed E-state index contributed by atoms with van der Waals surface area (Å²) in [6.07, 6.45) is 4.96. The zero-order valence-corrected chi connectivity index (χ0v) is 19.9. The number of carbonyl (C=O) groups is 2. The Labute approximate surface area is 199 Å². The second kappa shape index (κ2) is 7.63. The van der Waals surface area contributed by atoms with Crippen molar-refractivity contribution in [3.63, 3.8) is 0 Å². The highest BCUT2D eigenvalue weighted by Crippen LogP contribution is 2.56. The highest BCUT2D eigenvalue weighted by atomic mass is 16.7. The molecule has 0 radical (unpaired) electrons. The molecule has 5 aliphatic rings. The highest BCUT2D eigenvalue weighted by Gasteiger charge is 2.61. The third-order valence-electron chi connectivity index (χ3n) is 8.05. The maximum Gasteiger partial charge on any atom is 0.351 e. The molecule has 6 rings (SSSR count). The van der Waals surface area contributed by atoms with Crippen molar-refractivity contribution >= 4 is 11.9 Å². The number of benzene rings is 1. The van der Waals surface area contributed by atoms with Gasteiger partial charge in [0, 0.05) is 13.0 Å². The summed E-state index contributed by atoms with van der Waals surface area (Å²) in [6, 6.07) is 4.14. The summed E-state index contributed by atoms with van der Waals surface area (Å²) in [6.45, 7) is 6.12. The van der Waals surface area contributed by atoms with E-state index in [0.717, 1.165) is 49.4 Å². The van der Waals surface area contributed by atoms with Gasteiger partial charge < -0.3 is 23.7 Å². The highest BCUT2D eigenvalue weighted by molar-refractivity contribution is 5.93. The number of cyclic esters (lactones) is 1. The van der Waals surface area contributed by atoms with Crippen LogP contribution in [0.3, 0.4) is 0 Å². The Morgan fingerprint density at radius 1 is 1.24 bits per heavy atom. The Morgan fingerprint density at radius 3 is 2.71 bits per heavy atom. The van der Waals surface area contributed by atoms with Crippen LogP contribution >= 0.6 is 0 Å². The fourth-order valence-electron chi connectivity index (χ4n) is 6.73. The van der Waals surface area contributed by atoms with Crippen LogP contribution in [0.2, 0.25) is 0 Å². The van der Waals surface area contributed by atoms with E-state index in [0.29, 0.717) is 12.2 Å². The molecule has 0 unspecified atom stereocenters. The predicted molar refractivity (Wildman–Crippen MR) is 120 cm³/mol. The van der Waals surface area contributed by atoms with Gasteiger partial charge >= 0.3 is 11.9 Å². The molecule has 0 saturated carbocycles. The monoisotopic (exact) mass is 469 g/mol. The van der Waals surface area contributed by atoms with Crippen LogP contribution < -0.4 is 9.47 Å². The number of hydrogen-bond acceptors (Lipinski definition) is 8. The minimum atomic E-state index is -1.21. The van der Waals surface area contributed by atoms with Gasteiger partial charge in [0.15, 0.2) is 17.6 Å². The van der Waals surface area contributed by atoms with E-state index in [4.69, 9.17) is 23.7 Å². The molecule has 8 nitrogen and oxygen atoms in total. The van der Waals surface area contributed by atoms with E-state index in [-0.39, 0.29) is 36.6 Å². The van der Waals surface area contributed by atoms with Gasteiger partial charge in [0.2, 0.25) is 12.4 Å². The van der Waals surface area contributed by atoms with E-state index >= 15 is 0 Å². The van der Waals surface area contributed by atoms with Crippen LogP contribution in [0.1, 0.15) is 56.6 Å². The molecule has 8 heteroatoms. The summed E-state index contributed by atoms with van der Waals surface area (Å²) in [5.74, 6) is 1.32. The van der Waals surface area contributed by atoms with Crippen molar-refractivity contribution in [2.24, 2.45) is 5.92 Å². The third-order valence-corrected chi connectivity index (χ3v) is 8.05. The van der Waals surface area contributed by atoms with Crippen LogP contribution in [0, 0.1) is 5.92 Å².